The molecule has 3 heteroatoms. The Morgan fingerprint density at radius 1 is 1.29 bits per heavy atom. The molecule has 1 spiro atoms. The van der Waals surface area contributed by atoms with Gasteiger partial charge in [-0.25, -0.2) is 0 Å². The number of rotatable bonds is 1. The molecule has 3 rings (SSSR count). The Bertz CT molecular complexity index is 514. The fourth-order valence-corrected chi connectivity index (χ4v) is 4.17. The molecule has 116 valence electrons. The average Bonchev–Trinajstić information content (AvgIpc) is 2.63. The number of aliphatic hydroxyl groups is 1. The van der Waals surface area contributed by atoms with Gasteiger partial charge in [-0.05, 0) is 55.7 Å². The maximum absolute atomic E-state index is 10.5. The van der Waals surface area contributed by atoms with Gasteiger partial charge >= 0.3 is 0 Å². The summed E-state index contributed by atoms with van der Waals surface area (Å²) >= 11 is 6.03. The largest absolute Gasteiger partial charge is 0.487 e. The van der Waals surface area contributed by atoms with Crippen molar-refractivity contribution in [3.05, 3.63) is 28.8 Å². The van der Waals surface area contributed by atoms with Crippen molar-refractivity contribution in [3.63, 3.8) is 0 Å². The van der Waals surface area contributed by atoms with Crippen LogP contribution < -0.4 is 4.74 Å². The van der Waals surface area contributed by atoms with Crippen molar-refractivity contribution in [1.82, 2.24) is 0 Å². The highest BCUT2D eigenvalue weighted by Gasteiger charge is 2.42. The zero-order chi connectivity index (χ0) is 15.0. The normalized spacial score (nSPS) is 32.6. The van der Waals surface area contributed by atoms with E-state index in [0.29, 0.717) is 11.4 Å². The summed E-state index contributed by atoms with van der Waals surface area (Å²) in [6, 6.07) is 5.59. The molecule has 0 radical (unpaired) electrons. The van der Waals surface area contributed by atoms with Gasteiger partial charge in [0, 0.05) is 17.0 Å². The van der Waals surface area contributed by atoms with Crippen LogP contribution in [-0.4, -0.2) is 10.7 Å². The Kier molecular flexibility index (Phi) is 4.20. The molecule has 1 aliphatic heterocycles. The SMILES string of the molecule is CC(C)C1CCCC2(CC1)C[C@H](O)c1cc(Cl)ccc1O2. The van der Waals surface area contributed by atoms with Gasteiger partial charge in [0.05, 0.1) is 6.10 Å². The van der Waals surface area contributed by atoms with E-state index < -0.39 is 6.10 Å². The van der Waals surface area contributed by atoms with Gasteiger partial charge in [-0.2, -0.15) is 0 Å². The van der Waals surface area contributed by atoms with E-state index in [1.165, 1.54) is 19.3 Å². The van der Waals surface area contributed by atoms with Gasteiger partial charge in [-0.1, -0.05) is 31.9 Å². The monoisotopic (exact) mass is 308 g/mol. The second-order valence-electron chi connectivity index (χ2n) is 7.12. The summed E-state index contributed by atoms with van der Waals surface area (Å²) in [5, 5.41) is 11.2. The van der Waals surface area contributed by atoms with Gasteiger partial charge in [0.2, 0.25) is 0 Å². The highest BCUT2D eigenvalue weighted by atomic mass is 35.5. The van der Waals surface area contributed by atoms with Crippen LogP contribution in [0.15, 0.2) is 18.2 Å². The van der Waals surface area contributed by atoms with Gasteiger partial charge in [-0.3, -0.25) is 0 Å². The van der Waals surface area contributed by atoms with E-state index in [4.69, 9.17) is 16.3 Å². The molecular formula is C18H25ClO2. The van der Waals surface area contributed by atoms with Crippen LogP contribution in [0.25, 0.3) is 0 Å². The van der Waals surface area contributed by atoms with Crippen molar-refractivity contribution in [2.75, 3.05) is 0 Å². The second kappa shape index (κ2) is 5.81. The zero-order valence-corrected chi connectivity index (χ0v) is 13.7. The highest BCUT2D eigenvalue weighted by Crippen LogP contribution is 2.47. The number of hydrogen-bond acceptors (Lipinski definition) is 2. The van der Waals surface area contributed by atoms with E-state index in [9.17, 15) is 5.11 Å². The van der Waals surface area contributed by atoms with Crippen LogP contribution in [0.5, 0.6) is 5.75 Å². The maximum atomic E-state index is 10.5. The summed E-state index contributed by atoms with van der Waals surface area (Å²) in [6.07, 6.45) is 6.02. The maximum Gasteiger partial charge on any atom is 0.126 e. The molecule has 2 nitrogen and oxygen atoms in total. The minimum absolute atomic E-state index is 0.177. The Hall–Kier alpha value is -0.730. The van der Waals surface area contributed by atoms with E-state index in [0.717, 1.165) is 36.0 Å². The molecule has 1 saturated carbocycles. The van der Waals surface area contributed by atoms with Crippen LogP contribution in [0.3, 0.4) is 0 Å². The topological polar surface area (TPSA) is 29.5 Å². The first-order valence-corrected chi connectivity index (χ1v) is 8.53. The molecule has 1 aliphatic carbocycles. The van der Waals surface area contributed by atoms with Crippen LogP contribution in [-0.2, 0) is 0 Å². The highest BCUT2D eigenvalue weighted by molar-refractivity contribution is 6.30. The first kappa shape index (κ1) is 15.2. The molecule has 1 aromatic carbocycles. The number of hydrogen-bond donors (Lipinski definition) is 1. The van der Waals surface area contributed by atoms with Crippen LogP contribution in [0.4, 0.5) is 0 Å². The van der Waals surface area contributed by atoms with Crippen LogP contribution in [0, 0.1) is 11.8 Å². The quantitative estimate of drug-likeness (QED) is 0.779. The van der Waals surface area contributed by atoms with Crippen molar-refractivity contribution in [2.45, 2.75) is 64.1 Å². The van der Waals surface area contributed by atoms with Gasteiger partial charge in [0.1, 0.15) is 11.4 Å². The molecule has 1 N–H and O–H groups in total. The van der Waals surface area contributed by atoms with Gasteiger partial charge in [0.15, 0.2) is 0 Å². The molecule has 0 saturated heterocycles. The Balaban J connectivity index is 1.82. The predicted molar refractivity (Wildman–Crippen MR) is 85.8 cm³/mol. The molecule has 1 aromatic rings. The molecule has 21 heavy (non-hydrogen) atoms. The molecule has 2 unspecified atom stereocenters. The minimum atomic E-state index is -0.456. The summed E-state index contributed by atoms with van der Waals surface area (Å²) in [4.78, 5) is 0. The van der Waals surface area contributed by atoms with Crippen molar-refractivity contribution >= 4 is 11.6 Å². The summed E-state index contributed by atoms with van der Waals surface area (Å²) in [5.41, 5.74) is 0.668. The van der Waals surface area contributed by atoms with Crippen molar-refractivity contribution in [1.29, 1.82) is 0 Å². The predicted octanol–water partition coefficient (Wildman–Crippen LogP) is 5.13. The molecule has 0 aromatic heterocycles. The standard InChI is InChI=1S/C18H25ClO2/c1-12(2)13-4-3-8-18(9-7-13)11-16(20)15-10-14(19)5-6-17(15)21-18/h5-6,10,12-13,16,20H,3-4,7-9,11H2,1-2H3/t13?,16-,18?/m0/s1. The smallest absolute Gasteiger partial charge is 0.126 e. The lowest BCUT2D eigenvalue weighted by atomic mass is 9.82. The lowest BCUT2D eigenvalue weighted by molar-refractivity contribution is -0.0253. The van der Waals surface area contributed by atoms with E-state index in [1.807, 2.05) is 18.2 Å². The van der Waals surface area contributed by atoms with Gasteiger partial charge in [0.25, 0.3) is 0 Å². The third kappa shape index (κ3) is 3.07. The minimum Gasteiger partial charge on any atom is -0.487 e. The molecule has 1 heterocycles. The van der Waals surface area contributed by atoms with Crippen molar-refractivity contribution in [2.24, 2.45) is 11.8 Å². The summed E-state index contributed by atoms with van der Waals surface area (Å²) in [6.45, 7) is 4.63. The Morgan fingerprint density at radius 3 is 2.86 bits per heavy atom. The third-order valence-electron chi connectivity index (χ3n) is 5.34. The van der Waals surface area contributed by atoms with Gasteiger partial charge in [-0.15, -0.1) is 0 Å². The Labute approximate surface area is 132 Å². The molecule has 0 bridgehead atoms. The summed E-state index contributed by atoms with van der Waals surface area (Å²) in [5.74, 6) is 2.35. The van der Waals surface area contributed by atoms with E-state index in [2.05, 4.69) is 13.8 Å². The zero-order valence-electron chi connectivity index (χ0n) is 12.9. The van der Waals surface area contributed by atoms with Crippen molar-refractivity contribution < 1.29 is 9.84 Å². The van der Waals surface area contributed by atoms with E-state index in [-0.39, 0.29) is 5.60 Å². The van der Waals surface area contributed by atoms with Crippen LogP contribution in [0.1, 0.15) is 64.0 Å². The Morgan fingerprint density at radius 2 is 2.10 bits per heavy atom. The number of ether oxygens (including phenoxy) is 1. The number of aliphatic hydroxyl groups excluding tert-OH is 1. The molecule has 1 fully saturated rings. The second-order valence-corrected chi connectivity index (χ2v) is 7.56. The molecule has 3 atom stereocenters. The van der Waals surface area contributed by atoms with E-state index >= 15 is 0 Å². The lowest BCUT2D eigenvalue weighted by Gasteiger charge is -2.40. The fraction of sp³-hybridized carbons (Fsp3) is 0.667. The van der Waals surface area contributed by atoms with Crippen molar-refractivity contribution in [3.8, 4) is 5.75 Å². The van der Waals surface area contributed by atoms with Gasteiger partial charge < -0.3 is 9.84 Å². The van der Waals surface area contributed by atoms with Crippen LogP contribution in [0.2, 0.25) is 5.02 Å². The first-order valence-electron chi connectivity index (χ1n) is 8.16. The average molecular weight is 309 g/mol. The molecule has 2 aliphatic rings. The number of benzene rings is 1. The number of fused-ring (bicyclic) bond motifs is 1. The summed E-state index contributed by atoms with van der Waals surface area (Å²) in [7, 11) is 0. The fourth-order valence-electron chi connectivity index (χ4n) is 3.99. The molecular weight excluding hydrogens is 284 g/mol. The number of halogens is 1. The summed E-state index contributed by atoms with van der Waals surface area (Å²) < 4.78 is 6.38. The van der Waals surface area contributed by atoms with Crippen LogP contribution >= 0.6 is 11.6 Å². The molecule has 0 amide bonds. The lowest BCUT2D eigenvalue weighted by Crippen LogP contribution is -2.40. The van der Waals surface area contributed by atoms with E-state index in [1.54, 1.807) is 0 Å². The first-order chi connectivity index (χ1) is 9.99. The third-order valence-corrected chi connectivity index (χ3v) is 5.58.